The van der Waals surface area contributed by atoms with Gasteiger partial charge in [-0.25, -0.2) is 0 Å². The molecule has 0 saturated heterocycles. The van der Waals surface area contributed by atoms with Gasteiger partial charge in [-0.2, -0.15) is 13.2 Å². The number of hydrogen-bond donors (Lipinski definition) is 1. The van der Waals surface area contributed by atoms with Crippen LogP contribution in [0.25, 0.3) is 27.9 Å². The number of pyridine rings is 2. The van der Waals surface area contributed by atoms with Crippen LogP contribution in [0, 0.1) is 0 Å². The Bertz CT molecular complexity index is 1160. The highest BCUT2D eigenvalue weighted by Crippen LogP contribution is 2.31. The van der Waals surface area contributed by atoms with Gasteiger partial charge >= 0.3 is 6.18 Å². The summed E-state index contributed by atoms with van der Waals surface area (Å²) in [6.45, 7) is 4.04. The van der Waals surface area contributed by atoms with Gasteiger partial charge in [-0.3, -0.25) is 9.97 Å². The molecule has 144 valence electrons. The first kappa shape index (κ1) is 18.7. The van der Waals surface area contributed by atoms with Crippen molar-refractivity contribution in [3.63, 3.8) is 0 Å². The van der Waals surface area contributed by atoms with Crippen LogP contribution in [0.5, 0.6) is 0 Å². The number of halogens is 3. The number of aromatic nitrogens is 2. The molecule has 2 heterocycles. The van der Waals surface area contributed by atoms with Crippen LogP contribution >= 0.6 is 0 Å². The van der Waals surface area contributed by atoms with E-state index in [1.165, 1.54) is 12.1 Å². The fraction of sp³-hybridized carbons (Fsp3) is 0.0435. The van der Waals surface area contributed by atoms with Gasteiger partial charge in [-0.05, 0) is 42.5 Å². The zero-order valence-corrected chi connectivity index (χ0v) is 15.2. The van der Waals surface area contributed by atoms with E-state index in [2.05, 4.69) is 21.9 Å². The molecule has 0 unspecified atom stereocenters. The monoisotopic (exact) mass is 391 g/mol. The topological polar surface area (TPSA) is 37.8 Å². The Kier molecular flexibility index (Phi) is 4.76. The molecule has 0 aliphatic rings. The number of nitrogens with zero attached hydrogens (tertiary/aromatic N) is 2. The van der Waals surface area contributed by atoms with Gasteiger partial charge in [0.2, 0.25) is 0 Å². The maximum absolute atomic E-state index is 12.7. The van der Waals surface area contributed by atoms with Crippen molar-refractivity contribution in [2.24, 2.45) is 0 Å². The maximum atomic E-state index is 12.7. The van der Waals surface area contributed by atoms with Gasteiger partial charge < -0.3 is 5.32 Å². The van der Waals surface area contributed by atoms with Crippen LogP contribution in [0.4, 0.5) is 18.9 Å². The maximum Gasteiger partial charge on any atom is 0.416 e. The SMILES string of the molecule is C=C(Nc1ccc2cccnc2c1)c1ccc(-c2ccc(C(F)(F)F)cc2)nc1. The zero-order chi connectivity index (χ0) is 20.4. The summed E-state index contributed by atoms with van der Waals surface area (Å²) < 4.78 is 38.1. The Labute approximate surface area is 165 Å². The van der Waals surface area contributed by atoms with Crippen LogP contribution in [0.3, 0.4) is 0 Å². The molecule has 1 N–H and O–H groups in total. The van der Waals surface area contributed by atoms with Crippen molar-refractivity contribution in [1.82, 2.24) is 9.97 Å². The summed E-state index contributed by atoms with van der Waals surface area (Å²) in [6, 6.07) is 18.3. The summed E-state index contributed by atoms with van der Waals surface area (Å²) in [5.74, 6) is 0. The Morgan fingerprint density at radius 1 is 0.897 bits per heavy atom. The van der Waals surface area contributed by atoms with E-state index in [1.807, 2.05) is 36.4 Å². The first-order valence-corrected chi connectivity index (χ1v) is 8.85. The van der Waals surface area contributed by atoms with Gasteiger partial charge in [0.1, 0.15) is 0 Å². The first-order valence-electron chi connectivity index (χ1n) is 8.85. The summed E-state index contributed by atoms with van der Waals surface area (Å²) in [4.78, 5) is 8.69. The average molecular weight is 391 g/mol. The molecule has 2 aromatic carbocycles. The van der Waals surface area contributed by atoms with E-state index >= 15 is 0 Å². The molecule has 0 atom stereocenters. The summed E-state index contributed by atoms with van der Waals surface area (Å²) in [5, 5.41) is 4.28. The Morgan fingerprint density at radius 2 is 1.69 bits per heavy atom. The highest BCUT2D eigenvalue weighted by atomic mass is 19.4. The molecule has 0 fully saturated rings. The second-order valence-corrected chi connectivity index (χ2v) is 6.52. The minimum atomic E-state index is -4.35. The molecule has 0 bridgehead atoms. The molecule has 0 aliphatic carbocycles. The fourth-order valence-electron chi connectivity index (χ4n) is 2.96. The number of anilines is 1. The zero-order valence-electron chi connectivity index (χ0n) is 15.2. The molecular formula is C23H16F3N3. The van der Waals surface area contributed by atoms with Crippen molar-refractivity contribution in [2.75, 3.05) is 5.32 Å². The Morgan fingerprint density at radius 3 is 2.38 bits per heavy atom. The first-order chi connectivity index (χ1) is 13.9. The van der Waals surface area contributed by atoms with Crippen molar-refractivity contribution in [3.8, 4) is 11.3 Å². The normalized spacial score (nSPS) is 11.4. The predicted octanol–water partition coefficient (Wildman–Crippen LogP) is 6.40. The van der Waals surface area contributed by atoms with Crippen molar-refractivity contribution in [3.05, 3.63) is 96.8 Å². The van der Waals surface area contributed by atoms with Crippen molar-refractivity contribution in [2.45, 2.75) is 6.18 Å². The highest BCUT2D eigenvalue weighted by Gasteiger charge is 2.29. The number of fused-ring (bicyclic) bond motifs is 1. The van der Waals surface area contributed by atoms with Gasteiger partial charge in [0.25, 0.3) is 0 Å². The van der Waals surface area contributed by atoms with Crippen LogP contribution in [0.15, 0.2) is 85.7 Å². The largest absolute Gasteiger partial charge is 0.416 e. The van der Waals surface area contributed by atoms with Crippen LogP contribution in [0.1, 0.15) is 11.1 Å². The Hall–Kier alpha value is -3.67. The van der Waals surface area contributed by atoms with E-state index in [0.29, 0.717) is 17.0 Å². The quantitative estimate of drug-likeness (QED) is 0.437. The molecule has 4 rings (SSSR count). The van der Waals surface area contributed by atoms with E-state index in [9.17, 15) is 13.2 Å². The van der Waals surface area contributed by atoms with E-state index in [0.717, 1.165) is 34.3 Å². The lowest BCUT2D eigenvalue weighted by atomic mass is 10.1. The second kappa shape index (κ2) is 7.39. The number of nitrogens with one attached hydrogen (secondary N) is 1. The van der Waals surface area contributed by atoms with E-state index in [4.69, 9.17) is 0 Å². The lowest BCUT2D eigenvalue weighted by molar-refractivity contribution is -0.137. The van der Waals surface area contributed by atoms with Crippen LogP contribution in [-0.2, 0) is 6.18 Å². The average Bonchev–Trinajstić information content (AvgIpc) is 2.73. The minimum Gasteiger partial charge on any atom is -0.355 e. The van der Waals surface area contributed by atoms with E-state index in [-0.39, 0.29) is 0 Å². The van der Waals surface area contributed by atoms with Crippen LogP contribution in [0.2, 0.25) is 0 Å². The third-order valence-corrected chi connectivity index (χ3v) is 4.52. The summed E-state index contributed by atoms with van der Waals surface area (Å²) >= 11 is 0. The summed E-state index contributed by atoms with van der Waals surface area (Å²) in [6.07, 6.45) is -0.968. The molecule has 6 heteroatoms. The van der Waals surface area contributed by atoms with Gasteiger partial charge in [0.05, 0.1) is 16.8 Å². The minimum absolute atomic E-state index is 0.588. The predicted molar refractivity (Wildman–Crippen MR) is 109 cm³/mol. The summed E-state index contributed by atoms with van der Waals surface area (Å²) in [5.41, 5.74) is 3.69. The number of rotatable bonds is 4. The number of alkyl halides is 3. The molecule has 0 saturated carbocycles. The number of benzene rings is 2. The standard InChI is InChI=1S/C23H16F3N3/c1-15(29-20-10-6-16-3-2-12-27-22(16)13-20)18-7-11-21(28-14-18)17-4-8-19(9-5-17)23(24,25)26/h2-14,29H,1H2. The van der Waals surface area contributed by atoms with Crippen LogP contribution < -0.4 is 5.32 Å². The molecule has 0 aliphatic heterocycles. The highest BCUT2D eigenvalue weighted by molar-refractivity contribution is 5.85. The van der Waals surface area contributed by atoms with E-state index in [1.54, 1.807) is 18.5 Å². The fourth-order valence-corrected chi connectivity index (χ4v) is 2.96. The van der Waals surface area contributed by atoms with Gasteiger partial charge in [-0.15, -0.1) is 0 Å². The second-order valence-electron chi connectivity index (χ2n) is 6.52. The molecule has 4 aromatic rings. The lowest BCUT2D eigenvalue weighted by Crippen LogP contribution is -2.04. The van der Waals surface area contributed by atoms with Gasteiger partial charge in [-0.1, -0.05) is 30.8 Å². The van der Waals surface area contributed by atoms with Crippen molar-refractivity contribution < 1.29 is 13.2 Å². The molecule has 0 spiro atoms. The third-order valence-electron chi connectivity index (χ3n) is 4.52. The molecule has 29 heavy (non-hydrogen) atoms. The lowest BCUT2D eigenvalue weighted by Gasteiger charge is -2.11. The summed E-state index contributed by atoms with van der Waals surface area (Å²) in [7, 11) is 0. The van der Waals surface area contributed by atoms with Crippen LogP contribution in [-0.4, -0.2) is 9.97 Å². The van der Waals surface area contributed by atoms with Gasteiger partial charge in [0.15, 0.2) is 0 Å². The third kappa shape index (κ3) is 4.11. The smallest absolute Gasteiger partial charge is 0.355 e. The molecule has 2 aromatic heterocycles. The van der Waals surface area contributed by atoms with Crippen molar-refractivity contribution >= 4 is 22.3 Å². The van der Waals surface area contributed by atoms with Gasteiger partial charge in [0, 0.05) is 40.3 Å². The number of hydrogen-bond acceptors (Lipinski definition) is 3. The van der Waals surface area contributed by atoms with E-state index < -0.39 is 11.7 Å². The molecular weight excluding hydrogens is 375 g/mol. The molecule has 0 radical (unpaired) electrons. The van der Waals surface area contributed by atoms with Crippen molar-refractivity contribution in [1.29, 1.82) is 0 Å². The Balaban J connectivity index is 1.50. The molecule has 3 nitrogen and oxygen atoms in total. The molecule has 0 amide bonds.